The topological polar surface area (TPSA) is 63.3 Å². The molecule has 0 atom stereocenters. The van der Waals surface area contributed by atoms with Crippen molar-refractivity contribution in [3.05, 3.63) is 65.7 Å². The largest absolute Gasteiger partial charge is 0.357 e. The van der Waals surface area contributed by atoms with Crippen molar-refractivity contribution < 1.29 is 0 Å². The highest BCUT2D eigenvalue weighted by atomic mass is 127. The summed E-state index contributed by atoms with van der Waals surface area (Å²) in [6, 6.07) is 10.2. The van der Waals surface area contributed by atoms with Gasteiger partial charge in [-0.05, 0) is 30.5 Å². The second kappa shape index (κ2) is 11.1. The molecule has 0 spiro atoms. The molecule has 0 unspecified atom stereocenters. The van der Waals surface area contributed by atoms with Gasteiger partial charge in [-0.2, -0.15) is 10.2 Å². The van der Waals surface area contributed by atoms with Gasteiger partial charge in [-0.3, -0.25) is 4.68 Å². The fraction of sp³-hybridized carbons (Fsp3) is 0.409. The fourth-order valence-corrected chi connectivity index (χ4v) is 3.40. The van der Waals surface area contributed by atoms with E-state index in [1.165, 1.54) is 5.56 Å². The zero-order valence-electron chi connectivity index (χ0n) is 18.4. The van der Waals surface area contributed by atoms with Crippen molar-refractivity contribution in [1.29, 1.82) is 0 Å². The third kappa shape index (κ3) is 5.84. The summed E-state index contributed by atoms with van der Waals surface area (Å²) >= 11 is 0. The van der Waals surface area contributed by atoms with Crippen LogP contribution >= 0.6 is 24.0 Å². The van der Waals surface area contributed by atoms with Gasteiger partial charge in [-0.15, -0.1) is 24.0 Å². The van der Waals surface area contributed by atoms with Gasteiger partial charge in [0.2, 0.25) is 0 Å². The SMILES string of the molecule is CCNC(=NCc1ccccc1-n1cccn1)N(C)Cc1cn(C)nc1C(C)C.I. The molecule has 8 heteroatoms. The molecule has 162 valence electrons. The Morgan fingerprint density at radius 2 is 1.97 bits per heavy atom. The Labute approximate surface area is 196 Å². The Balaban J connectivity index is 0.00000320. The number of hydrogen-bond acceptors (Lipinski definition) is 3. The molecule has 3 aromatic rings. The standard InChI is InChI=1S/C22H31N7.HI/c1-6-23-22(27(4)15-19-16-28(5)26-21(19)17(2)3)24-14-18-10-7-8-11-20(18)29-13-9-12-25-29;/h7-13,16-17H,6,14-15H2,1-5H3,(H,23,24);1H. The van der Waals surface area contributed by atoms with Crippen LogP contribution in [-0.2, 0) is 20.1 Å². The van der Waals surface area contributed by atoms with E-state index in [2.05, 4.69) is 66.6 Å². The minimum Gasteiger partial charge on any atom is -0.357 e. The van der Waals surface area contributed by atoms with Gasteiger partial charge in [-0.25, -0.2) is 9.67 Å². The number of para-hydroxylation sites is 1. The number of rotatable bonds is 7. The van der Waals surface area contributed by atoms with Gasteiger partial charge >= 0.3 is 0 Å². The molecular weight excluding hydrogens is 489 g/mol. The molecule has 0 saturated carbocycles. The van der Waals surface area contributed by atoms with Crippen molar-refractivity contribution in [3.8, 4) is 5.69 Å². The maximum atomic E-state index is 4.89. The highest BCUT2D eigenvalue weighted by Gasteiger charge is 2.15. The van der Waals surface area contributed by atoms with E-state index < -0.39 is 0 Å². The fourth-order valence-electron chi connectivity index (χ4n) is 3.40. The summed E-state index contributed by atoms with van der Waals surface area (Å²) in [6.45, 7) is 8.59. The van der Waals surface area contributed by atoms with E-state index in [4.69, 9.17) is 4.99 Å². The highest BCUT2D eigenvalue weighted by Crippen LogP contribution is 2.19. The molecule has 2 heterocycles. The van der Waals surface area contributed by atoms with Gasteiger partial charge in [-0.1, -0.05) is 32.0 Å². The average molecular weight is 521 g/mol. The first-order chi connectivity index (χ1) is 14.0. The van der Waals surface area contributed by atoms with Crippen LogP contribution in [0, 0.1) is 0 Å². The molecule has 0 aliphatic carbocycles. The third-order valence-corrected chi connectivity index (χ3v) is 4.73. The zero-order chi connectivity index (χ0) is 20.8. The van der Waals surface area contributed by atoms with Gasteiger partial charge in [0.05, 0.1) is 17.9 Å². The van der Waals surface area contributed by atoms with Crippen LogP contribution in [0.5, 0.6) is 0 Å². The average Bonchev–Trinajstić information content (AvgIpc) is 3.35. The molecule has 0 amide bonds. The molecule has 7 nitrogen and oxygen atoms in total. The lowest BCUT2D eigenvalue weighted by Gasteiger charge is -2.22. The summed E-state index contributed by atoms with van der Waals surface area (Å²) in [5, 5.41) is 12.4. The lowest BCUT2D eigenvalue weighted by atomic mass is 10.1. The first kappa shape index (κ1) is 23.9. The van der Waals surface area contributed by atoms with Crippen LogP contribution in [0.4, 0.5) is 0 Å². The Hall–Kier alpha value is -2.36. The first-order valence-electron chi connectivity index (χ1n) is 10.1. The summed E-state index contributed by atoms with van der Waals surface area (Å²) in [5.41, 5.74) is 4.55. The van der Waals surface area contributed by atoms with E-state index in [-0.39, 0.29) is 24.0 Å². The number of benzene rings is 1. The molecule has 30 heavy (non-hydrogen) atoms. The Bertz CT molecular complexity index is 944. The molecule has 0 saturated heterocycles. The number of guanidine groups is 1. The second-order valence-corrected chi connectivity index (χ2v) is 7.47. The maximum absolute atomic E-state index is 4.89. The Morgan fingerprint density at radius 3 is 2.63 bits per heavy atom. The molecule has 1 N–H and O–H groups in total. The number of aromatic nitrogens is 4. The molecule has 0 fully saturated rings. The summed E-state index contributed by atoms with van der Waals surface area (Å²) in [7, 11) is 4.04. The number of nitrogens with one attached hydrogen (secondary N) is 1. The van der Waals surface area contributed by atoms with E-state index in [1.807, 2.05) is 40.8 Å². The third-order valence-electron chi connectivity index (χ3n) is 4.73. The lowest BCUT2D eigenvalue weighted by molar-refractivity contribution is 0.473. The predicted molar refractivity (Wildman–Crippen MR) is 133 cm³/mol. The Morgan fingerprint density at radius 1 is 1.20 bits per heavy atom. The molecule has 1 aromatic carbocycles. The van der Waals surface area contributed by atoms with Crippen LogP contribution in [0.3, 0.4) is 0 Å². The van der Waals surface area contributed by atoms with E-state index in [9.17, 15) is 0 Å². The molecule has 3 rings (SSSR count). The van der Waals surface area contributed by atoms with Crippen LogP contribution in [0.1, 0.15) is 43.5 Å². The minimum atomic E-state index is 0. The van der Waals surface area contributed by atoms with Crippen molar-refractivity contribution in [2.24, 2.45) is 12.0 Å². The minimum absolute atomic E-state index is 0. The molecule has 0 radical (unpaired) electrons. The van der Waals surface area contributed by atoms with Gasteiger partial charge in [0.1, 0.15) is 0 Å². The van der Waals surface area contributed by atoms with Crippen molar-refractivity contribution in [2.45, 2.75) is 39.8 Å². The Kier molecular flexibility index (Phi) is 8.88. The predicted octanol–water partition coefficient (Wildman–Crippen LogP) is 3.94. The summed E-state index contributed by atoms with van der Waals surface area (Å²) in [4.78, 5) is 7.05. The van der Waals surface area contributed by atoms with Gasteiger partial charge in [0, 0.05) is 51.3 Å². The zero-order valence-corrected chi connectivity index (χ0v) is 20.7. The summed E-state index contributed by atoms with van der Waals surface area (Å²) in [6.07, 6.45) is 5.84. The quantitative estimate of drug-likeness (QED) is 0.291. The second-order valence-electron chi connectivity index (χ2n) is 7.47. The van der Waals surface area contributed by atoms with Crippen molar-refractivity contribution in [1.82, 2.24) is 29.8 Å². The number of halogens is 1. The number of nitrogens with zero attached hydrogens (tertiary/aromatic N) is 6. The van der Waals surface area contributed by atoms with Crippen LogP contribution in [0.25, 0.3) is 5.69 Å². The summed E-state index contributed by atoms with van der Waals surface area (Å²) in [5.74, 6) is 1.27. The lowest BCUT2D eigenvalue weighted by Crippen LogP contribution is -2.38. The van der Waals surface area contributed by atoms with E-state index in [1.54, 1.807) is 6.20 Å². The van der Waals surface area contributed by atoms with Crippen LogP contribution in [0.2, 0.25) is 0 Å². The normalized spacial score (nSPS) is 11.5. The molecular formula is C22H32IN7. The number of aryl methyl sites for hydroxylation is 1. The van der Waals surface area contributed by atoms with Crippen LogP contribution in [-0.4, -0.2) is 44.0 Å². The van der Waals surface area contributed by atoms with E-state index in [0.29, 0.717) is 12.5 Å². The van der Waals surface area contributed by atoms with Gasteiger partial charge in [0.15, 0.2) is 5.96 Å². The van der Waals surface area contributed by atoms with Crippen LogP contribution in [0.15, 0.2) is 53.9 Å². The molecule has 0 aliphatic heterocycles. The van der Waals surface area contributed by atoms with Gasteiger partial charge in [0.25, 0.3) is 0 Å². The monoisotopic (exact) mass is 521 g/mol. The van der Waals surface area contributed by atoms with Crippen molar-refractivity contribution >= 4 is 29.9 Å². The summed E-state index contributed by atoms with van der Waals surface area (Å²) < 4.78 is 3.77. The smallest absolute Gasteiger partial charge is 0.194 e. The molecule has 0 bridgehead atoms. The van der Waals surface area contributed by atoms with E-state index in [0.717, 1.165) is 36.0 Å². The molecule has 2 aromatic heterocycles. The van der Waals surface area contributed by atoms with Crippen LogP contribution < -0.4 is 5.32 Å². The van der Waals surface area contributed by atoms with Crippen molar-refractivity contribution in [2.75, 3.05) is 13.6 Å². The number of aliphatic imine (C=N–C) groups is 1. The van der Waals surface area contributed by atoms with Crippen molar-refractivity contribution in [3.63, 3.8) is 0 Å². The van der Waals surface area contributed by atoms with Gasteiger partial charge < -0.3 is 10.2 Å². The number of hydrogen-bond donors (Lipinski definition) is 1. The highest BCUT2D eigenvalue weighted by molar-refractivity contribution is 14.0. The first-order valence-corrected chi connectivity index (χ1v) is 10.1. The van der Waals surface area contributed by atoms with E-state index >= 15 is 0 Å². The maximum Gasteiger partial charge on any atom is 0.194 e. The molecule has 0 aliphatic rings.